The minimum absolute atomic E-state index is 0. The van der Waals surface area contributed by atoms with Crippen molar-refractivity contribution in [2.24, 2.45) is 22.7 Å². The number of hydrogen-bond donors (Lipinski definition) is 0. The van der Waals surface area contributed by atoms with Crippen LogP contribution in [-0.2, 0) is 0 Å². The van der Waals surface area contributed by atoms with Crippen molar-refractivity contribution in [2.45, 2.75) is 191 Å². The molecule has 0 aliphatic rings. The highest BCUT2D eigenvalue weighted by atomic mass is 14.4. The van der Waals surface area contributed by atoms with Crippen molar-refractivity contribution < 1.29 is 0 Å². The summed E-state index contributed by atoms with van der Waals surface area (Å²) in [5.74, 6) is 1.97. The largest absolute Gasteiger partial charge is 0.0776 e. The van der Waals surface area contributed by atoms with Gasteiger partial charge in [0.15, 0.2) is 0 Å². The Morgan fingerprint density at radius 1 is 0.375 bits per heavy atom. The molecule has 0 N–H and O–H groups in total. The van der Waals surface area contributed by atoms with E-state index >= 15 is 0 Å². The summed E-state index contributed by atoms with van der Waals surface area (Å²) in [5.41, 5.74) is 1.23. The van der Waals surface area contributed by atoms with Crippen LogP contribution >= 0.6 is 0 Å². The van der Waals surface area contributed by atoms with Gasteiger partial charge in [0.05, 0.1) is 0 Å². The van der Waals surface area contributed by atoms with Crippen molar-refractivity contribution in [1.82, 2.24) is 0 Å². The van der Waals surface area contributed by atoms with E-state index in [1.165, 1.54) is 77.0 Å². The molecule has 0 fully saturated rings. The third kappa shape index (κ3) is 19.5. The molecule has 0 spiro atoms. The lowest BCUT2D eigenvalue weighted by molar-refractivity contribution is 0.0973. The van der Waals surface area contributed by atoms with Crippen LogP contribution in [0.1, 0.15) is 191 Å². The van der Waals surface area contributed by atoms with Gasteiger partial charge in [0, 0.05) is 0 Å². The van der Waals surface area contributed by atoms with Crippen molar-refractivity contribution in [3.05, 3.63) is 0 Å². The summed E-state index contributed by atoms with van der Waals surface area (Å²) in [5, 5.41) is 0. The normalized spacial score (nSPS) is 10.1. The van der Waals surface area contributed by atoms with Crippen LogP contribution in [-0.4, -0.2) is 0 Å². The molecule has 0 saturated heterocycles. The second-order valence-electron chi connectivity index (χ2n) is 8.90. The third-order valence-electron chi connectivity index (χ3n) is 8.23. The Morgan fingerprint density at radius 3 is 0.688 bits per heavy atom. The molecule has 0 unspecified atom stereocenters. The Kier molecular flexibility index (Phi) is 51.7. The van der Waals surface area contributed by atoms with Crippen LogP contribution in [0, 0.1) is 22.7 Å². The van der Waals surface area contributed by atoms with Gasteiger partial charge in [-0.15, -0.1) is 0 Å². The van der Waals surface area contributed by atoms with Crippen LogP contribution in [0.25, 0.3) is 0 Å². The molecule has 0 aromatic rings. The molecule has 0 aliphatic heterocycles. The van der Waals surface area contributed by atoms with Gasteiger partial charge in [-0.05, 0) is 35.5 Å². The van der Waals surface area contributed by atoms with Gasteiger partial charge in [0.25, 0.3) is 0 Å². The minimum Gasteiger partial charge on any atom is -0.0776 e. The molecule has 0 amide bonds. The van der Waals surface area contributed by atoms with Gasteiger partial charge < -0.3 is 0 Å². The summed E-state index contributed by atoms with van der Waals surface area (Å²) in [6.45, 7) is 23.5. The first kappa shape index (κ1) is 53.4. The molecule has 0 saturated carbocycles. The first-order valence-corrected chi connectivity index (χ1v) is 12.3. The lowest BCUT2D eigenvalue weighted by atomic mass is 9.64. The van der Waals surface area contributed by atoms with E-state index in [-0.39, 0.29) is 44.6 Å². The van der Waals surface area contributed by atoms with Crippen LogP contribution in [0.5, 0.6) is 0 Å². The molecule has 0 nitrogen and oxygen atoms in total. The van der Waals surface area contributed by atoms with Crippen molar-refractivity contribution in [2.75, 3.05) is 0 Å². The van der Waals surface area contributed by atoms with E-state index in [4.69, 9.17) is 0 Å². The van der Waals surface area contributed by atoms with Crippen LogP contribution in [0.4, 0.5) is 0 Å². The summed E-state index contributed by atoms with van der Waals surface area (Å²) in [7, 11) is 0. The molecule has 0 aromatic carbocycles. The SMILES string of the molecule is C.C.C.C.C.C.CCC(CC)(CC)CC(CC)(CC)CC.CCC(CC)CC(CC)CC. The predicted molar refractivity (Wildman–Crippen MR) is 164 cm³/mol. The van der Waals surface area contributed by atoms with Gasteiger partial charge in [0.2, 0.25) is 0 Å². The Balaban J connectivity index is -0.0000000520. The van der Waals surface area contributed by atoms with E-state index in [9.17, 15) is 0 Å². The summed E-state index contributed by atoms with van der Waals surface area (Å²) in [6, 6.07) is 0. The van der Waals surface area contributed by atoms with Gasteiger partial charge in [-0.3, -0.25) is 0 Å². The van der Waals surface area contributed by atoms with E-state index in [0.29, 0.717) is 10.8 Å². The quantitative estimate of drug-likeness (QED) is 0.239. The van der Waals surface area contributed by atoms with Crippen LogP contribution in [0.3, 0.4) is 0 Å². The molecular weight excluding hydrogens is 384 g/mol. The van der Waals surface area contributed by atoms with Crippen LogP contribution < -0.4 is 0 Å². The summed E-state index contributed by atoms with van der Waals surface area (Å²) in [4.78, 5) is 0. The predicted octanol–water partition coefficient (Wildman–Crippen LogP) is 13.9. The van der Waals surface area contributed by atoms with Gasteiger partial charge in [-0.2, -0.15) is 0 Å². The van der Waals surface area contributed by atoms with E-state index in [1.54, 1.807) is 0 Å². The Morgan fingerprint density at radius 2 is 0.562 bits per heavy atom. The highest BCUT2D eigenvalue weighted by molar-refractivity contribution is 4.86. The van der Waals surface area contributed by atoms with E-state index in [2.05, 4.69) is 69.2 Å². The Bertz CT molecular complexity index is 230. The number of hydrogen-bond acceptors (Lipinski definition) is 0. The summed E-state index contributed by atoms with van der Waals surface area (Å²) in [6.07, 6.45) is 16.5. The highest BCUT2D eigenvalue weighted by Crippen LogP contribution is 2.47. The molecule has 0 radical (unpaired) electrons. The maximum absolute atomic E-state index is 2.37. The average Bonchev–Trinajstić information content (AvgIpc) is 2.72. The maximum Gasteiger partial charge on any atom is -0.0300 e. The third-order valence-corrected chi connectivity index (χ3v) is 8.23. The fourth-order valence-corrected chi connectivity index (χ4v) is 4.76. The first-order valence-electron chi connectivity index (χ1n) is 12.3. The van der Waals surface area contributed by atoms with Crippen molar-refractivity contribution >= 4 is 0 Å². The summed E-state index contributed by atoms with van der Waals surface area (Å²) >= 11 is 0. The maximum atomic E-state index is 2.37. The number of rotatable bonds is 14. The fraction of sp³-hybridized carbons (Fsp3) is 1.00. The Hall–Kier alpha value is 0. The van der Waals surface area contributed by atoms with E-state index in [0.717, 1.165) is 11.8 Å². The van der Waals surface area contributed by atoms with E-state index in [1.807, 2.05) is 0 Å². The zero-order chi connectivity index (χ0) is 20.6. The van der Waals surface area contributed by atoms with Crippen molar-refractivity contribution in [3.8, 4) is 0 Å². The molecule has 0 aromatic heterocycles. The minimum atomic E-state index is 0. The molecule has 32 heavy (non-hydrogen) atoms. The lowest BCUT2D eigenvalue weighted by Crippen LogP contribution is -2.30. The van der Waals surface area contributed by atoms with Gasteiger partial charge in [-0.25, -0.2) is 0 Å². The zero-order valence-electron chi connectivity index (χ0n) is 20.6. The smallest absolute Gasteiger partial charge is 0.0300 e. The molecule has 0 bridgehead atoms. The summed E-state index contributed by atoms with van der Waals surface area (Å²) < 4.78 is 0. The molecule has 0 aliphatic carbocycles. The molecule has 0 heterocycles. The monoisotopic (exact) mass is 465 g/mol. The first-order chi connectivity index (χ1) is 12.3. The van der Waals surface area contributed by atoms with Gasteiger partial charge in [-0.1, -0.05) is 178 Å². The fourth-order valence-electron chi connectivity index (χ4n) is 4.76. The van der Waals surface area contributed by atoms with Crippen molar-refractivity contribution in [1.29, 1.82) is 0 Å². The highest BCUT2D eigenvalue weighted by Gasteiger charge is 2.34. The molecular formula is C32H80. The second-order valence-corrected chi connectivity index (χ2v) is 8.90. The molecule has 0 atom stereocenters. The molecule has 0 rings (SSSR count). The van der Waals surface area contributed by atoms with Crippen LogP contribution in [0.2, 0.25) is 0 Å². The van der Waals surface area contributed by atoms with Gasteiger partial charge in [0.1, 0.15) is 0 Å². The van der Waals surface area contributed by atoms with Gasteiger partial charge >= 0.3 is 0 Å². The zero-order valence-corrected chi connectivity index (χ0v) is 20.6. The topological polar surface area (TPSA) is 0 Å². The average molecular weight is 465 g/mol. The molecule has 208 valence electrons. The standard InChI is InChI=1S/C15H32.C11H24.6CH4/c1-7-14(8-2,9-3)13-15(10-4,11-5)12-6;1-5-10(6-2)9-11(7-3)8-4;;;;;;/h7-13H2,1-6H3;10-11H,5-9H2,1-4H3;6*1H4. The van der Waals surface area contributed by atoms with Crippen LogP contribution in [0.15, 0.2) is 0 Å². The van der Waals surface area contributed by atoms with Crippen molar-refractivity contribution in [3.63, 3.8) is 0 Å². The second kappa shape index (κ2) is 31.0. The van der Waals surface area contributed by atoms with E-state index < -0.39 is 0 Å². The molecule has 0 heteroatoms. The Labute approximate surface area is 213 Å². The lowest BCUT2D eigenvalue weighted by Gasteiger charge is -2.42.